The molecular formula is C23H18ClN3O3S2. The van der Waals surface area contributed by atoms with E-state index in [0.717, 1.165) is 22.0 Å². The minimum atomic E-state index is -0.327. The molecule has 0 radical (unpaired) electrons. The van der Waals surface area contributed by atoms with Gasteiger partial charge in [0, 0.05) is 26.9 Å². The van der Waals surface area contributed by atoms with Gasteiger partial charge in [-0.1, -0.05) is 35.9 Å². The van der Waals surface area contributed by atoms with Crippen LogP contribution in [0.5, 0.6) is 11.5 Å². The highest BCUT2D eigenvalue weighted by Crippen LogP contribution is 2.33. The summed E-state index contributed by atoms with van der Waals surface area (Å²) in [4.78, 5) is 17.4. The van der Waals surface area contributed by atoms with Gasteiger partial charge in [-0.3, -0.25) is 10.1 Å². The van der Waals surface area contributed by atoms with E-state index in [-0.39, 0.29) is 11.0 Å². The van der Waals surface area contributed by atoms with Gasteiger partial charge in [-0.25, -0.2) is 4.98 Å². The predicted octanol–water partition coefficient (Wildman–Crippen LogP) is 5.76. The SMILES string of the molecule is COc1ccc(-c2csc(NC(=S)NC(=O)c3cccc4c(Cl)cccc34)n2)cc1OC. The molecule has 4 aromatic rings. The van der Waals surface area contributed by atoms with Crippen LogP contribution in [0, 0.1) is 0 Å². The van der Waals surface area contributed by atoms with Gasteiger partial charge in [0.1, 0.15) is 0 Å². The molecule has 1 aromatic heterocycles. The second-order valence-corrected chi connectivity index (χ2v) is 8.33. The number of hydrogen-bond acceptors (Lipinski definition) is 6. The molecule has 2 N–H and O–H groups in total. The average Bonchev–Trinajstić information content (AvgIpc) is 3.26. The number of rotatable bonds is 5. The number of thiazole rings is 1. The number of benzene rings is 3. The Balaban J connectivity index is 1.47. The number of carbonyl (C=O) groups excluding carboxylic acids is 1. The Hall–Kier alpha value is -3.20. The van der Waals surface area contributed by atoms with Gasteiger partial charge >= 0.3 is 0 Å². The Labute approximate surface area is 199 Å². The lowest BCUT2D eigenvalue weighted by Crippen LogP contribution is -2.34. The highest BCUT2D eigenvalue weighted by Gasteiger charge is 2.14. The molecule has 0 bridgehead atoms. The maximum absolute atomic E-state index is 12.8. The number of nitrogens with zero attached hydrogens (tertiary/aromatic N) is 1. The molecular weight excluding hydrogens is 466 g/mol. The fourth-order valence-corrected chi connectivity index (χ4v) is 4.44. The first-order chi connectivity index (χ1) is 15.5. The molecule has 162 valence electrons. The van der Waals surface area contributed by atoms with E-state index >= 15 is 0 Å². The number of thiocarbonyl (C=S) groups is 1. The van der Waals surface area contributed by atoms with Crippen LogP contribution < -0.4 is 20.1 Å². The summed E-state index contributed by atoms with van der Waals surface area (Å²) in [6.45, 7) is 0. The smallest absolute Gasteiger partial charge is 0.258 e. The summed E-state index contributed by atoms with van der Waals surface area (Å²) in [5.74, 6) is 0.931. The zero-order valence-corrected chi connectivity index (χ0v) is 19.5. The maximum Gasteiger partial charge on any atom is 0.258 e. The Morgan fingerprint density at radius 2 is 1.78 bits per heavy atom. The van der Waals surface area contributed by atoms with Crippen LogP contribution >= 0.6 is 35.2 Å². The van der Waals surface area contributed by atoms with Crippen molar-refractivity contribution in [2.45, 2.75) is 0 Å². The van der Waals surface area contributed by atoms with E-state index in [1.165, 1.54) is 11.3 Å². The number of fused-ring (bicyclic) bond motifs is 1. The summed E-state index contributed by atoms with van der Waals surface area (Å²) in [6.07, 6.45) is 0. The van der Waals surface area contributed by atoms with E-state index in [9.17, 15) is 4.79 Å². The van der Waals surface area contributed by atoms with Gasteiger partial charge in [-0.15, -0.1) is 11.3 Å². The van der Waals surface area contributed by atoms with Crippen LogP contribution in [0.1, 0.15) is 10.4 Å². The third-order valence-corrected chi connectivity index (χ3v) is 6.04. The highest BCUT2D eigenvalue weighted by molar-refractivity contribution is 7.80. The number of aromatic nitrogens is 1. The number of methoxy groups -OCH3 is 2. The molecule has 0 saturated heterocycles. The second-order valence-electron chi connectivity index (χ2n) is 6.66. The van der Waals surface area contributed by atoms with Crippen molar-refractivity contribution in [3.05, 3.63) is 70.6 Å². The van der Waals surface area contributed by atoms with E-state index in [4.69, 9.17) is 33.3 Å². The van der Waals surface area contributed by atoms with Crippen LogP contribution in [-0.2, 0) is 0 Å². The largest absolute Gasteiger partial charge is 0.493 e. The number of amides is 1. The van der Waals surface area contributed by atoms with E-state index < -0.39 is 0 Å². The normalized spacial score (nSPS) is 10.6. The number of anilines is 1. The van der Waals surface area contributed by atoms with E-state index in [2.05, 4.69) is 15.6 Å². The lowest BCUT2D eigenvalue weighted by atomic mass is 10.0. The number of hydrogen-bond donors (Lipinski definition) is 2. The topological polar surface area (TPSA) is 72.5 Å². The van der Waals surface area contributed by atoms with Crippen molar-refractivity contribution in [3.8, 4) is 22.8 Å². The van der Waals surface area contributed by atoms with Crippen molar-refractivity contribution in [3.63, 3.8) is 0 Å². The van der Waals surface area contributed by atoms with Gasteiger partial charge in [-0.2, -0.15) is 0 Å². The predicted molar refractivity (Wildman–Crippen MR) is 133 cm³/mol. The molecule has 1 amide bonds. The van der Waals surface area contributed by atoms with Crippen LogP contribution in [0.15, 0.2) is 60.0 Å². The molecule has 9 heteroatoms. The Morgan fingerprint density at radius 3 is 2.56 bits per heavy atom. The first kappa shape index (κ1) is 22.0. The van der Waals surface area contributed by atoms with E-state index in [1.54, 1.807) is 32.4 Å². The molecule has 0 aliphatic carbocycles. The number of carbonyl (C=O) groups is 1. The molecule has 0 aliphatic rings. The fraction of sp³-hybridized carbons (Fsp3) is 0.0870. The third kappa shape index (κ3) is 4.52. The van der Waals surface area contributed by atoms with Crippen LogP contribution in [0.25, 0.3) is 22.0 Å². The lowest BCUT2D eigenvalue weighted by molar-refractivity contribution is 0.0979. The molecule has 1 heterocycles. The summed E-state index contributed by atoms with van der Waals surface area (Å²) >= 11 is 12.9. The van der Waals surface area contributed by atoms with Crippen molar-refractivity contribution in [1.29, 1.82) is 0 Å². The van der Waals surface area contributed by atoms with Crippen molar-refractivity contribution in [2.24, 2.45) is 0 Å². The summed E-state index contributed by atoms with van der Waals surface area (Å²) in [7, 11) is 3.17. The van der Waals surface area contributed by atoms with Crippen molar-refractivity contribution in [2.75, 3.05) is 19.5 Å². The summed E-state index contributed by atoms with van der Waals surface area (Å²) in [5, 5.41) is 10.4. The minimum Gasteiger partial charge on any atom is -0.493 e. The molecule has 0 saturated carbocycles. The van der Waals surface area contributed by atoms with E-state index in [1.807, 2.05) is 41.8 Å². The summed E-state index contributed by atoms with van der Waals surface area (Å²) in [5.41, 5.74) is 2.10. The minimum absolute atomic E-state index is 0.155. The monoisotopic (exact) mass is 483 g/mol. The molecule has 0 unspecified atom stereocenters. The molecule has 32 heavy (non-hydrogen) atoms. The second kappa shape index (κ2) is 9.52. The zero-order valence-electron chi connectivity index (χ0n) is 17.1. The lowest BCUT2D eigenvalue weighted by Gasteiger charge is -2.10. The summed E-state index contributed by atoms with van der Waals surface area (Å²) < 4.78 is 10.6. The van der Waals surface area contributed by atoms with Gasteiger partial charge in [0.25, 0.3) is 5.91 Å². The Kier molecular flexibility index (Phi) is 6.55. The zero-order chi connectivity index (χ0) is 22.7. The van der Waals surface area contributed by atoms with Gasteiger partial charge in [0.2, 0.25) is 0 Å². The van der Waals surface area contributed by atoms with Crippen LogP contribution in [0.4, 0.5) is 5.13 Å². The molecule has 0 fully saturated rings. The third-order valence-electron chi connectivity index (χ3n) is 4.74. The summed E-state index contributed by atoms with van der Waals surface area (Å²) in [6, 6.07) is 16.4. The number of ether oxygens (including phenoxy) is 2. The molecule has 6 nitrogen and oxygen atoms in total. The van der Waals surface area contributed by atoms with Crippen LogP contribution in [-0.4, -0.2) is 30.2 Å². The molecule has 4 rings (SSSR count). The standard InChI is InChI=1S/C23H18ClN3O3S2/c1-29-19-10-9-13(11-20(19)30-2)18-12-32-23(25-18)27-22(31)26-21(28)16-7-3-6-15-14(16)5-4-8-17(15)24/h3-12H,1-2H3,(H2,25,26,27,28,31). The number of nitrogens with one attached hydrogen (secondary N) is 2. The fourth-order valence-electron chi connectivity index (χ4n) is 3.23. The van der Waals surface area contributed by atoms with Gasteiger partial charge in [0.15, 0.2) is 21.7 Å². The maximum atomic E-state index is 12.8. The van der Waals surface area contributed by atoms with Gasteiger partial charge < -0.3 is 14.8 Å². The van der Waals surface area contributed by atoms with Crippen molar-refractivity contribution >= 4 is 62.1 Å². The van der Waals surface area contributed by atoms with E-state index in [0.29, 0.717) is 27.2 Å². The first-order valence-corrected chi connectivity index (χ1v) is 11.1. The molecule has 0 aliphatic heterocycles. The molecule has 0 atom stereocenters. The van der Waals surface area contributed by atoms with Gasteiger partial charge in [0.05, 0.1) is 19.9 Å². The Bertz CT molecular complexity index is 1320. The molecule has 3 aromatic carbocycles. The first-order valence-electron chi connectivity index (χ1n) is 9.47. The molecule has 0 spiro atoms. The van der Waals surface area contributed by atoms with Crippen molar-refractivity contribution in [1.82, 2.24) is 10.3 Å². The quantitative estimate of drug-likeness (QED) is 0.351. The van der Waals surface area contributed by atoms with Crippen LogP contribution in [0.3, 0.4) is 0 Å². The Morgan fingerprint density at radius 1 is 1.03 bits per heavy atom. The number of halogens is 1. The highest BCUT2D eigenvalue weighted by atomic mass is 35.5. The van der Waals surface area contributed by atoms with Crippen LogP contribution in [0.2, 0.25) is 5.02 Å². The average molecular weight is 484 g/mol. The van der Waals surface area contributed by atoms with Gasteiger partial charge in [-0.05, 0) is 47.9 Å². The van der Waals surface area contributed by atoms with Crippen molar-refractivity contribution < 1.29 is 14.3 Å².